The molecule has 2 aliphatic heterocycles. The van der Waals surface area contributed by atoms with Crippen LogP contribution < -0.4 is 21.3 Å². The van der Waals surface area contributed by atoms with Gasteiger partial charge in [0.25, 0.3) is 0 Å². The van der Waals surface area contributed by atoms with Crippen LogP contribution in [0.1, 0.15) is 51.7 Å². The van der Waals surface area contributed by atoms with Crippen LogP contribution in [-0.2, 0) is 11.8 Å². The van der Waals surface area contributed by atoms with Gasteiger partial charge in [0.05, 0.1) is 16.7 Å². The highest BCUT2D eigenvalue weighted by Crippen LogP contribution is 2.51. The van der Waals surface area contributed by atoms with Crippen LogP contribution >= 0.6 is 11.8 Å². The van der Waals surface area contributed by atoms with Crippen molar-refractivity contribution in [3.05, 3.63) is 211 Å². The van der Waals surface area contributed by atoms with Gasteiger partial charge in [-0.25, -0.2) is 0 Å². The summed E-state index contributed by atoms with van der Waals surface area (Å²) in [6, 6.07) is 75.5. The lowest BCUT2D eigenvalue weighted by atomic mass is 9.34. The molecule has 3 heterocycles. The highest BCUT2D eigenvalue weighted by atomic mass is 32.2. The number of aryl methyl sites for hydroxylation is 1. The summed E-state index contributed by atoms with van der Waals surface area (Å²) < 4.78 is 2.48. The first-order valence-corrected chi connectivity index (χ1v) is 24.4. The fraction of sp³-hybridized carbons (Fsp3) is 0.129. The van der Waals surface area contributed by atoms with Gasteiger partial charge in [-0.15, -0.1) is 0 Å². The normalized spacial score (nSPS) is 12.9. The largest absolute Gasteiger partial charge is 0.310 e. The van der Waals surface area contributed by atoms with Crippen LogP contribution in [0.5, 0.6) is 0 Å². The Kier molecular flexibility index (Phi) is 9.91. The molecule has 0 radical (unpaired) electrons. The zero-order valence-corrected chi connectivity index (χ0v) is 38.9. The minimum atomic E-state index is -0.0871. The van der Waals surface area contributed by atoms with Gasteiger partial charge in [-0.3, -0.25) is 0 Å². The van der Waals surface area contributed by atoms with E-state index >= 15 is 0 Å². The molecule has 0 spiro atoms. The molecule has 66 heavy (non-hydrogen) atoms. The van der Waals surface area contributed by atoms with Gasteiger partial charge in [-0.05, 0) is 117 Å². The molecule has 12 rings (SSSR count). The molecular weight excluding hydrogens is 816 g/mol. The molecule has 2 nitrogen and oxygen atoms in total. The summed E-state index contributed by atoms with van der Waals surface area (Å²) in [5, 5.41) is 2.53. The molecule has 0 saturated carbocycles. The Hall–Kier alpha value is -7.01. The average molecular weight is 867 g/mol. The Labute approximate surface area is 393 Å². The molecule has 0 saturated heterocycles. The zero-order valence-electron chi connectivity index (χ0n) is 38.1. The number of para-hydroxylation sites is 2. The highest BCUT2D eigenvalue weighted by Gasteiger charge is 2.43. The van der Waals surface area contributed by atoms with Crippen LogP contribution in [0.15, 0.2) is 210 Å². The topological polar surface area (TPSA) is 8.17 Å². The van der Waals surface area contributed by atoms with Gasteiger partial charge in [-0.1, -0.05) is 197 Å². The molecule has 4 heteroatoms. The second-order valence-corrected chi connectivity index (χ2v) is 20.2. The molecule has 1 aromatic heterocycles. The van der Waals surface area contributed by atoms with Crippen LogP contribution in [0.25, 0.3) is 60.9 Å². The van der Waals surface area contributed by atoms with Crippen molar-refractivity contribution in [1.29, 1.82) is 0 Å². The summed E-state index contributed by atoms with van der Waals surface area (Å²) in [4.78, 5) is 5.39. The Morgan fingerprint density at radius 1 is 0.500 bits per heavy atom. The molecule has 9 aromatic carbocycles. The van der Waals surface area contributed by atoms with E-state index in [0.29, 0.717) is 0 Å². The van der Waals surface area contributed by atoms with Gasteiger partial charge >= 0.3 is 0 Å². The van der Waals surface area contributed by atoms with Crippen LogP contribution in [0, 0.1) is 0 Å². The van der Waals surface area contributed by atoms with E-state index in [2.05, 4.69) is 237 Å². The number of nitrogens with zero attached hydrogens (tertiary/aromatic N) is 2. The summed E-state index contributed by atoms with van der Waals surface area (Å²) in [6.07, 6.45) is 3.32. The standard InChI is InChI=1S/C62H51BN2S/c1-5-6-20-41-35-57-60-59(36-41)66-58-34-31-45(42-21-10-7-11-22-42)37-53(58)63(60)52-33-32-47(64-54-29-18-16-27-48(54)49-28-17-19-30-55(49)64)40-56(52)65(57)61-50(43-23-12-8-13-24-43)38-46(62(2,3)4)39-51(61)44-25-14-9-15-26-44/h7-19,21-40H,5-6,20H2,1-4H3. The van der Waals surface area contributed by atoms with Crippen molar-refractivity contribution in [3.8, 4) is 39.1 Å². The molecular formula is C62H51BN2S. The number of unbranched alkanes of at least 4 members (excludes halogenated alkanes) is 1. The Morgan fingerprint density at radius 3 is 1.70 bits per heavy atom. The maximum Gasteiger partial charge on any atom is 0.249 e. The molecule has 0 amide bonds. The second kappa shape index (κ2) is 16.2. The third kappa shape index (κ3) is 6.73. The van der Waals surface area contributed by atoms with E-state index in [0.717, 1.165) is 24.9 Å². The molecule has 0 N–H and O–H groups in total. The van der Waals surface area contributed by atoms with Crippen LogP contribution in [0.3, 0.4) is 0 Å². The molecule has 0 aliphatic carbocycles. The number of hydrogen-bond acceptors (Lipinski definition) is 2. The summed E-state index contributed by atoms with van der Waals surface area (Å²) in [7, 11) is 0. The van der Waals surface area contributed by atoms with Crippen LogP contribution in [0.2, 0.25) is 0 Å². The van der Waals surface area contributed by atoms with Crippen molar-refractivity contribution < 1.29 is 0 Å². The first kappa shape index (κ1) is 40.5. The van der Waals surface area contributed by atoms with Crippen molar-refractivity contribution in [2.75, 3.05) is 4.90 Å². The number of rotatable bonds is 8. The van der Waals surface area contributed by atoms with Crippen LogP contribution in [0.4, 0.5) is 17.1 Å². The predicted octanol–water partition coefficient (Wildman–Crippen LogP) is 15.2. The van der Waals surface area contributed by atoms with Gasteiger partial charge in [0, 0.05) is 48.8 Å². The molecule has 10 aromatic rings. The van der Waals surface area contributed by atoms with Crippen LogP contribution in [-0.4, -0.2) is 11.3 Å². The Morgan fingerprint density at radius 2 is 1.09 bits per heavy atom. The molecule has 2 aliphatic rings. The lowest BCUT2D eigenvalue weighted by molar-refractivity contribution is 0.591. The molecule has 0 fully saturated rings. The number of benzene rings is 9. The lowest BCUT2D eigenvalue weighted by Gasteiger charge is -2.42. The lowest BCUT2D eigenvalue weighted by Crippen LogP contribution is -2.60. The fourth-order valence-electron chi connectivity index (χ4n) is 10.7. The van der Waals surface area contributed by atoms with E-state index in [1.165, 1.54) is 110 Å². The first-order chi connectivity index (χ1) is 32.3. The Bertz CT molecular complexity index is 3360. The van der Waals surface area contributed by atoms with Gasteiger partial charge in [0.1, 0.15) is 0 Å². The maximum atomic E-state index is 2.70. The van der Waals surface area contributed by atoms with Gasteiger partial charge in [0.15, 0.2) is 0 Å². The molecule has 0 atom stereocenters. The molecule has 0 bridgehead atoms. The van der Waals surface area contributed by atoms with E-state index in [-0.39, 0.29) is 12.1 Å². The summed E-state index contributed by atoms with van der Waals surface area (Å²) in [5.74, 6) is 0. The van der Waals surface area contributed by atoms with Crippen molar-refractivity contribution >= 4 is 73.7 Å². The average Bonchev–Trinajstić information content (AvgIpc) is 3.70. The minimum absolute atomic E-state index is 0.0304. The zero-order chi connectivity index (χ0) is 44.5. The molecule has 0 unspecified atom stereocenters. The van der Waals surface area contributed by atoms with Gasteiger partial charge in [0.2, 0.25) is 6.71 Å². The van der Waals surface area contributed by atoms with E-state index in [9.17, 15) is 0 Å². The number of hydrogen-bond donors (Lipinski definition) is 0. The Balaban J connectivity index is 1.23. The van der Waals surface area contributed by atoms with E-state index in [4.69, 9.17) is 0 Å². The smallest absolute Gasteiger partial charge is 0.249 e. The van der Waals surface area contributed by atoms with Crippen molar-refractivity contribution in [1.82, 2.24) is 4.57 Å². The predicted molar refractivity (Wildman–Crippen MR) is 284 cm³/mol. The third-order valence-corrected chi connectivity index (χ3v) is 15.1. The fourth-order valence-corrected chi connectivity index (χ4v) is 11.9. The monoisotopic (exact) mass is 866 g/mol. The third-order valence-electron chi connectivity index (χ3n) is 13.9. The second-order valence-electron chi connectivity index (χ2n) is 19.1. The number of fused-ring (bicyclic) bond motifs is 7. The van der Waals surface area contributed by atoms with Gasteiger partial charge in [-0.2, -0.15) is 0 Å². The first-order valence-electron chi connectivity index (χ1n) is 23.6. The van der Waals surface area contributed by atoms with Gasteiger partial charge < -0.3 is 9.47 Å². The number of aromatic nitrogens is 1. The summed E-state index contributed by atoms with van der Waals surface area (Å²) in [6.45, 7) is 9.37. The quantitative estimate of drug-likeness (QED) is 0.141. The summed E-state index contributed by atoms with van der Waals surface area (Å²) in [5.41, 5.74) is 21.4. The van der Waals surface area contributed by atoms with E-state index < -0.39 is 0 Å². The highest BCUT2D eigenvalue weighted by molar-refractivity contribution is 8.00. The van der Waals surface area contributed by atoms with Crippen molar-refractivity contribution in [3.63, 3.8) is 0 Å². The summed E-state index contributed by atoms with van der Waals surface area (Å²) >= 11 is 1.95. The molecule has 318 valence electrons. The SMILES string of the molecule is CCCCc1cc2c3c(c1)N(c1c(-c4ccccc4)cc(C(C)(C)C)cc1-c1ccccc1)c1cc(-n4c5ccccc5c5ccccc54)ccc1B3c1cc(-c3ccccc3)ccc1S2. The van der Waals surface area contributed by atoms with E-state index in [1.807, 2.05) is 11.8 Å². The van der Waals surface area contributed by atoms with E-state index in [1.54, 1.807) is 0 Å². The number of anilines is 3. The van der Waals surface area contributed by atoms with Crippen molar-refractivity contribution in [2.45, 2.75) is 62.2 Å². The minimum Gasteiger partial charge on any atom is -0.310 e. The maximum absolute atomic E-state index is 2.70. The van der Waals surface area contributed by atoms with Crippen molar-refractivity contribution in [2.24, 2.45) is 0 Å².